The lowest BCUT2D eigenvalue weighted by Gasteiger charge is -2.34. The van der Waals surface area contributed by atoms with E-state index in [4.69, 9.17) is 0 Å². The van der Waals surface area contributed by atoms with Crippen LogP contribution in [0.4, 0.5) is 10.1 Å². The van der Waals surface area contributed by atoms with Crippen LogP contribution in [-0.4, -0.2) is 26.3 Å². The van der Waals surface area contributed by atoms with E-state index in [-0.39, 0.29) is 11.7 Å². The van der Waals surface area contributed by atoms with E-state index in [0.29, 0.717) is 12.1 Å². The van der Waals surface area contributed by atoms with E-state index in [1.54, 1.807) is 12.4 Å². The van der Waals surface area contributed by atoms with Crippen molar-refractivity contribution >= 4 is 5.69 Å². The van der Waals surface area contributed by atoms with Gasteiger partial charge in [-0.3, -0.25) is 15.0 Å². The third-order valence-electron chi connectivity index (χ3n) is 4.07. The van der Waals surface area contributed by atoms with Crippen LogP contribution in [0.25, 0.3) is 0 Å². The van der Waals surface area contributed by atoms with Crippen LogP contribution in [0.15, 0.2) is 30.6 Å². The number of piperidine rings is 1. The van der Waals surface area contributed by atoms with Crippen molar-refractivity contribution in [3.8, 4) is 0 Å². The van der Waals surface area contributed by atoms with Gasteiger partial charge in [0.1, 0.15) is 11.6 Å². The Morgan fingerprint density at radius 1 is 1.45 bits per heavy atom. The average molecular weight is 304 g/mol. The molecule has 0 amide bonds. The number of halogens is 1. The summed E-state index contributed by atoms with van der Waals surface area (Å²) in [6.07, 6.45) is 6.65. The van der Waals surface area contributed by atoms with Gasteiger partial charge in [0.05, 0.1) is 17.0 Å². The zero-order valence-corrected chi connectivity index (χ0v) is 12.0. The Bertz CT molecular complexity index is 660. The molecule has 0 aliphatic carbocycles. The molecule has 116 valence electrons. The lowest BCUT2D eigenvalue weighted by atomic mass is 10.0. The zero-order chi connectivity index (χ0) is 15.5. The molecule has 1 N–H and O–H groups in total. The van der Waals surface area contributed by atoms with Crippen molar-refractivity contribution in [2.75, 3.05) is 6.54 Å². The highest BCUT2D eigenvalue weighted by molar-refractivity contribution is 5.34. The second-order valence-electron chi connectivity index (χ2n) is 5.49. The number of nitro groups is 1. The molecule has 2 heterocycles. The van der Waals surface area contributed by atoms with Crippen molar-refractivity contribution in [2.45, 2.75) is 31.8 Å². The van der Waals surface area contributed by atoms with Gasteiger partial charge in [-0.25, -0.2) is 9.37 Å². The molecule has 1 aliphatic rings. The van der Waals surface area contributed by atoms with E-state index in [2.05, 4.69) is 14.9 Å². The molecule has 1 aromatic heterocycles. The summed E-state index contributed by atoms with van der Waals surface area (Å²) in [4.78, 5) is 19.7. The average Bonchev–Trinajstić information content (AvgIpc) is 3.04. The molecule has 0 saturated carbocycles. The Balaban J connectivity index is 1.80. The molecular weight excluding hydrogens is 287 g/mol. The van der Waals surface area contributed by atoms with Gasteiger partial charge in [0.2, 0.25) is 0 Å². The second kappa shape index (κ2) is 6.23. The number of nitrogens with one attached hydrogen (secondary N) is 1. The number of nitro benzene ring substituents is 1. The van der Waals surface area contributed by atoms with Gasteiger partial charge in [-0.1, -0.05) is 6.42 Å². The maximum absolute atomic E-state index is 14.1. The second-order valence-corrected chi connectivity index (χ2v) is 5.49. The molecule has 1 atom stereocenters. The van der Waals surface area contributed by atoms with Crippen LogP contribution in [0.1, 0.15) is 36.7 Å². The molecule has 7 heteroatoms. The van der Waals surface area contributed by atoms with Crippen LogP contribution in [0.3, 0.4) is 0 Å². The molecule has 6 nitrogen and oxygen atoms in total. The molecule has 22 heavy (non-hydrogen) atoms. The quantitative estimate of drug-likeness (QED) is 0.695. The summed E-state index contributed by atoms with van der Waals surface area (Å²) in [6.45, 7) is 1.29. The van der Waals surface area contributed by atoms with Gasteiger partial charge in [0, 0.05) is 30.6 Å². The first-order chi connectivity index (χ1) is 10.6. The minimum atomic E-state index is -0.584. The number of H-pyrrole nitrogens is 1. The fraction of sp³-hybridized carbons (Fsp3) is 0.400. The van der Waals surface area contributed by atoms with E-state index < -0.39 is 10.7 Å². The Kier molecular flexibility index (Phi) is 4.15. The number of rotatable bonds is 4. The third kappa shape index (κ3) is 2.99. The Labute approximate surface area is 127 Å². The monoisotopic (exact) mass is 304 g/mol. The van der Waals surface area contributed by atoms with Crippen molar-refractivity contribution in [1.29, 1.82) is 0 Å². The predicted octanol–water partition coefficient (Wildman–Crippen LogP) is 3.18. The number of non-ortho nitro benzene ring substituents is 1. The van der Waals surface area contributed by atoms with Crippen LogP contribution < -0.4 is 0 Å². The summed E-state index contributed by atoms with van der Waals surface area (Å²) in [5, 5.41) is 10.7. The van der Waals surface area contributed by atoms with Gasteiger partial charge in [0.25, 0.3) is 5.69 Å². The van der Waals surface area contributed by atoms with Crippen LogP contribution in [-0.2, 0) is 6.54 Å². The Morgan fingerprint density at radius 3 is 3.00 bits per heavy atom. The van der Waals surface area contributed by atoms with Gasteiger partial charge in [0.15, 0.2) is 0 Å². The van der Waals surface area contributed by atoms with Gasteiger partial charge >= 0.3 is 0 Å². The van der Waals surface area contributed by atoms with E-state index in [0.717, 1.165) is 37.7 Å². The van der Waals surface area contributed by atoms with Crippen LogP contribution in [0.5, 0.6) is 0 Å². The van der Waals surface area contributed by atoms with Crippen LogP contribution >= 0.6 is 0 Å². The molecule has 0 radical (unpaired) electrons. The topological polar surface area (TPSA) is 75.1 Å². The number of hydrogen-bond acceptors (Lipinski definition) is 4. The highest BCUT2D eigenvalue weighted by Crippen LogP contribution is 2.31. The summed E-state index contributed by atoms with van der Waals surface area (Å²) >= 11 is 0. The maximum atomic E-state index is 14.1. The largest absolute Gasteiger partial charge is 0.347 e. The lowest BCUT2D eigenvalue weighted by molar-refractivity contribution is -0.385. The number of hydrogen-bond donors (Lipinski definition) is 1. The summed E-state index contributed by atoms with van der Waals surface area (Å²) < 4.78 is 14.1. The maximum Gasteiger partial charge on any atom is 0.272 e. The normalized spacial score (nSPS) is 19.2. The summed E-state index contributed by atoms with van der Waals surface area (Å²) in [7, 11) is 0. The molecule has 1 aromatic carbocycles. The first-order valence-corrected chi connectivity index (χ1v) is 7.31. The molecule has 2 aromatic rings. The molecular formula is C15H17FN4O2. The first kappa shape index (κ1) is 14.6. The van der Waals surface area contributed by atoms with Crippen molar-refractivity contribution in [1.82, 2.24) is 14.9 Å². The van der Waals surface area contributed by atoms with Crippen LogP contribution in [0.2, 0.25) is 0 Å². The summed E-state index contributed by atoms with van der Waals surface area (Å²) in [5.74, 6) is 0.361. The lowest BCUT2D eigenvalue weighted by Crippen LogP contribution is -2.33. The van der Waals surface area contributed by atoms with Crippen molar-refractivity contribution in [3.05, 3.63) is 57.9 Å². The summed E-state index contributed by atoms with van der Waals surface area (Å²) in [6, 6.07) is 3.98. The van der Waals surface area contributed by atoms with Gasteiger partial charge in [-0.15, -0.1) is 0 Å². The first-order valence-electron chi connectivity index (χ1n) is 7.31. The SMILES string of the molecule is O=[N+]([O-])c1ccc(CN2CCCCC2c2ncc[nH]2)c(F)c1. The number of imidazole rings is 1. The van der Waals surface area contributed by atoms with Crippen molar-refractivity contribution in [2.24, 2.45) is 0 Å². The van der Waals surface area contributed by atoms with Crippen molar-refractivity contribution in [3.63, 3.8) is 0 Å². The molecule has 1 saturated heterocycles. The minimum absolute atomic E-state index is 0.137. The van der Waals surface area contributed by atoms with Crippen LogP contribution in [0, 0.1) is 15.9 Å². The molecule has 3 rings (SSSR count). The number of benzene rings is 1. The summed E-state index contributed by atoms with van der Waals surface area (Å²) in [5.41, 5.74) is 0.256. The molecule has 1 unspecified atom stereocenters. The molecule has 1 aliphatic heterocycles. The van der Waals surface area contributed by atoms with Crippen molar-refractivity contribution < 1.29 is 9.31 Å². The third-order valence-corrected chi connectivity index (χ3v) is 4.07. The fourth-order valence-electron chi connectivity index (χ4n) is 2.95. The van der Waals surface area contributed by atoms with E-state index in [1.807, 2.05) is 0 Å². The van der Waals surface area contributed by atoms with Gasteiger partial charge < -0.3 is 4.98 Å². The number of likely N-dealkylation sites (tertiary alicyclic amines) is 1. The van der Waals surface area contributed by atoms with Gasteiger partial charge in [-0.05, 0) is 25.5 Å². The smallest absolute Gasteiger partial charge is 0.272 e. The molecule has 0 bridgehead atoms. The predicted molar refractivity (Wildman–Crippen MR) is 78.6 cm³/mol. The van der Waals surface area contributed by atoms with E-state index in [1.165, 1.54) is 12.1 Å². The number of aromatic nitrogens is 2. The fourth-order valence-corrected chi connectivity index (χ4v) is 2.95. The Hall–Kier alpha value is -2.28. The highest BCUT2D eigenvalue weighted by atomic mass is 19.1. The standard InChI is InChI=1S/C15H17FN4O2/c16-13-9-12(20(21)22)5-4-11(13)10-19-8-2-1-3-14(19)15-17-6-7-18-15/h4-7,9,14H,1-3,8,10H2,(H,17,18). The number of aromatic amines is 1. The minimum Gasteiger partial charge on any atom is -0.347 e. The number of nitrogens with zero attached hydrogens (tertiary/aromatic N) is 3. The molecule has 1 fully saturated rings. The van der Waals surface area contributed by atoms with E-state index >= 15 is 0 Å². The van der Waals surface area contributed by atoms with E-state index in [9.17, 15) is 14.5 Å². The molecule has 0 spiro atoms. The Morgan fingerprint density at radius 2 is 2.32 bits per heavy atom. The zero-order valence-electron chi connectivity index (χ0n) is 12.0. The highest BCUT2D eigenvalue weighted by Gasteiger charge is 2.26. The van der Waals surface area contributed by atoms with Gasteiger partial charge in [-0.2, -0.15) is 0 Å².